The minimum absolute atomic E-state index is 0.0807. The Kier molecular flexibility index (Phi) is 6.99. The summed E-state index contributed by atoms with van der Waals surface area (Å²) in [5.74, 6) is -1.39. The molecule has 1 aromatic rings. The fourth-order valence-electron chi connectivity index (χ4n) is 1.51. The van der Waals surface area contributed by atoms with Crippen LogP contribution in [-0.4, -0.2) is 42.5 Å². The van der Waals surface area contributed by atoms with Crippen LogP contribution in [0.3, 0.4) is 0 Å². The SMILES string of the molecule is O=C(O)COCCNC(=O)CCC(=O)c1ccccc1. The molecule has 0 spiro atoms. The van der Waals surface area contributed by atoms with E-state index in [0.29, 0.717) is 5.56 Å². The number of nitrogens with one attached hydrogen (secondary N) is 1. The van der Waals surface area contributed by atoms with Gasteiger partial charge in [0.05, 0.1) is 6.61 Å². The highest BCUT2D eigenvalue weighted by molar-refractivity contribution is 5.97. The average Bonchev–Trinajstić information content (AvgIpc) is 2.45. The molecule has 0 aliphatic heterocycles. The zero-order valence-electron chi connectivity index (χ0n) is 11.0. The second kappa shape index (κ2) is 8.82. The monoisotopic (exact) mass is 279 g/mol. The number of benzene rings is 1. The van der Waals surface area contributed by atoms with Crippen LogP contribution in [0, 0.1) is 0 Å². The van der Waals surface area contributed by atoms with E-state index in [9.17, 15) is 14.4 Å². The number of Topliss-reactive ketones (excluding diaryl/α,β-unsaturated/α-hetero) is 1. The van der Waals surface area contributed by atoms with Crippen LogP contribution < -0.4 is 5.32 Å². The van der Waals surface area contributed by atoms with Gasteiger partial charge in [-0.05, 0) is 0 Å². The number of hydrogen-bond donors (Lipinski definition) is 2. The largest absolute Gasteiger partial charge is 0.480 e. The van der Waals surface area contributed by atoms with Gasteiger partial charge < -0.3 is 15.2 Å². The first kappa shape index (κ1) is 15.8. The van der Waals surface area contributed by atoms with Gasteiger partial charge in [0, 0.05) is 24.9 Å². The molecule has 1 amide bonds. The quantitative estimate of drug-likeness (QED) is 0.517. The minimum atomic E-state index is -1.05. The molecule has 0 aromatic heterocycles. The zero-order valence-corrected chi connectivity index (χ0v) is 11.0. The summed E-state index contributed by atoms with van der Waals surface area (Å²) >= 11 is 0. The lowest BCUT2D eigenvalue weighted by molar-refractivity contribution is -0.142. The number of amides is 1. The average molecular weight is 279 g/mol. The second-order valence-corrected chi connectivity index (χ2v) is 4.09. The predicted molar refractivity (Wildman–Crippen MR) is 71.5 cm³/mol. The highest BCUT2D eigenvalue weighted by atomic mass is 16.5. The molecule has 0 fully saturated rings. The Morgan fingerprint density at radius 1 is 1.10 bits per heavy atom. The third kappa shape index (κ3) is 6.65. The first-order chi connectivity index (χ1) is 9.59. The number of hydrogen-bond acceptors (Lipinski definition) is 4. The van der Waals surface area contributed by atoms with Gasteiger partial charge in [0.25, 0.3) is 0 Å². The fraction of sp³-hybridized carbons (Fsp3) is 0.357. The molecular weight excluding hydrogens is 262 g/mol. The Morgan fingerprint density at radius 3 is 2.45 bits per heavy atom. The van der Waals surface area contributed by atoms with Gasteiger partial charge in [0.15, 0.2) is 5.78 Å². The van der Waals surface area contributed by atoms with Crippen molar-refractivity contribution in [3.8, 4) is 0 Å². The number of rotatable bonds is 9. The van der Waals surface area contributed by atoms with E-state index in [1.807, 2.05) is 6.07 Å². The molecule has 0 unspecified atom stereocenters. The van der Waals surface area contributed by atoms with Crippen LogP contribution in [0.5, 0.6) is 0 Å². The van der Waals surface area contributed by atoms with Gasteiger partial charge in [-0.15, -0.1) is 0 Å². The van der Waals surface area contributed by atoms with Crippen molar-refractivity contribution < 1.29 is 24.2 Å². The number of ether oxygens (including phenoxy) is 1. The van der Waals surface area contributed by atoms with Gasteiger partial charge in [0.2, 0.25) is 5.91 Å². The molecule has 0 saturated carbocycles. The highest BCUT2D eigenvalue weighted by Gasteiger charge is 2.08. The van der Waals surface area contributed by atoms with E-state index in [-0.39, 0.29) is 44.3 Å². The van der Waals surface area contributed by atoms with Crippen molar-refractivity contribution >= 4 is 17.7 Å². The van der Waals surface area contributed by atoms with Crippen molar-refractivity contribution in [2.75, 3.05) is 19.8 Å². The van der Waals surface area contributed by atoms with Crippen molar-refractivity contribution in [2.45, 2.75) is 12.8 Å². The smallest absolute Gasteiger partial charge is 0.329 e. The van der Waals surface area contributed by atoms with Crippen molar-refractivity contribution in [1.29, 1.82) is 0 Å². The van der Waals surface area contributed by atoms with Crippen molar-refractivity contribution in [3.05, 3.63) is 35.9 Å². The summed E-state index contributed by atoms with van der Waals surface area (Å²) in [6.45, 7) is -0.0291. The maximum absolute atomic E-state index is 11.7. The Morgan fingerprint density at radius 2 is 1.80 bits per heavy atom. The van der Waals surface area contributed by atoms with Crippen molar-refractivity contribution in [3.63, 3.8) is 0 Å². The van der Waals surface area contributed by atoms with Gasteiger partial charge in [-0.3, -0.25) is 9.59 Å². The van der Waals surface area contributed by atoms with E-state index < -0.39 is 5.97 Å². The van der Waals surface area contributed by atoms with E-state index in [4.69, 9.17) is 9.84 Å². The molecule has 0 aliphatic rings. The highest BCUT2D eigenvalue weighted by Crippen LogP contribution is 2.04. The lowest BCUT2D eigenvalue weighted by atomic mass is 10.1. The Labute approximate surface area is 116 Å². The third-order valence-electron chi connectivity index (χ3n) is 2.47. The molecule has 1 aromatic carbocycles. The lowest BCUT2D eigenvalue weighted by Crippen LogP contribution is -2.28. The number of carboxylic acids is 1. The van der Waals surface area contributed by atoms with E-state index in [1.165, 1.54) is 0 Å². The molecule has 20 heavy (non-hydrogen) atoms. The second-order valence-electron chi connectivity index (χ2n) is 4.09. The Balaban J connectivity index is 2.14. The summed E-state index contributed by atoms with van der Waals surface area (Å²) in [7, 11) is 0. The molecule has 0 radical (unpaired) electrons. The van der Waals surface area contributed by atoms with Gasteiger partial charge >= 0.3 is 5.97 Å². The first-order valence-electron chi connectivity index (χ1n) is 6.24. The van der Waals surface area contributed by atoms with Crippen LogP contribution in [0.4, 0.5) is 0 Å². The predicted octanol–water partition coefficient (Wildman–Crippen LogP) is 0.867. The number of ketones is 1. The first-order valence-corrected chi connectivity index (χ1v) is 6.24. The van der Waals surface area contributed by atoms with Crippen LogP contribution >= 0.6 is 0 Å². The van der Waals surface area contributed by atoms with Crippen LogP contribution in [0.1, 0.15) is 23.2 Å². The zero-order chi connectivity index (χ0) is 14.8. The summed E-state index contributed by atoms with van der Waals surface area (Å²) < 4.78 is 4.76. The van der Waals surface area contributed by atoms with Crippen molar-refractivity contribution in [2.24, 2.45) is 0 Å². The molecule has 1 rings (SSSR count). The molecule has 0 saturated heterocycles. The van der Waals surface area contributed by atoms with Gasteiger partial charge in [-0.2, -0.15) is 0 Å². The summed E-state index contributed by atoms with van der Waals surface area (Å²) in [6, 6.07) is 8.78. The number of carbonyl (C=O) groups is 3. The molecule has 6 nitrogen and oxygen atoms in total. The minimum Gasteiger partial charge on any atom is -0.480 e. The van der Waals surface area contributed by atoms with E-state index >= 15 is 0 Å². The van der Waals surface area contributed by atoms with E-state index in [0.717, 1.165) is 0 Å². The van der Waals surface area contributed by atoms with Crippen LogP contribution in [0.2, 0.25) is 0 Å². The van der Waals surface area contributed by atoms with Gasteiger partial charge in [0.1, 0.15) is 6.61 Å². The fourth-order valence-corrected chi connectivity index (χ4v) is 1.51. The molecule has 108 valence electrons. The Bertz CT molecular complexity index is 458. The number of aliphatic carboxylic acids is 1. The standard InChI is InChI=1S/C14H17NO5/c16-12(11-4-2-1-3-5-11)6-7-13(17)15-8-9-20-10-14(18)19/h1-5H,6-10H2,(H,15,17)(H,18,19). The normalized spacial score (nSPS) is 10.0. The lowest BCUT2D eigenvalue weighted by Gasteiger charge is -2.05. The molecule has 2 N–H and O–H groups in total. The van der Waals surface area contributed by atoms with Crippen LogP contribution in [0.15, 0.2) is 30.3 Å². The van der Waals surface area contributed by atoms with E-state index in [2.05, 4.69) is 5.32 Å². The number of carboxylic acid groups (broad SMARTS) is 1. The van der Waals surface area contributed by atoms with Gasteiger partial charge in [-0.25, -0.2) is 4.79 Å². The summed E-state index contributed by atoms with van der Waals surface area (Å²) in [4.78, 5) is 33.3. The Hall–Kier alpha value is -2.21. The van der Waals surface area contributed by atoms with Crippen LogP contribution in [-0.2, 0) is 14.3 Å². The molecule has 6 heteroatoms. The molecular formula is C14H17NO5. The van der Waals surface area contributed by atoms with Crippen molar-refractivity contribution in [1.82, 2.24) is 5.32 Å². The van der Waals surface area contributed by atoms with E-state index in [1.54, 1.807) is 24.3 Å². The number of carbonyl (C=O) groups excluding carboxylic acids is 2. The maximum Gasteiger partial charge on any atom is 0.329 e. The molecule has 0 atom stereocenters. The van der Waals surface area contributed by atoms with Crippen LogP contribution in [0.25, 0.3) is 0 Å². The molecule has 0 heterocycles. The maximum atomic E-state index is 11.7. The summed E-state index contributed by atoms with van der Waals surface area (Å²) in [5.41, 5.74) is 0.588. The molecule has 0 bridgehead atoms. The third-order valence-corrected chi connectivity index (χ3v) is 2.47. The topological polar surface area (TPSA) is 92.7 Å². The summed E-state index contributed by atoms with van der Waals surface area (Å²) in [5, 5.41) is 10.9. The summed E-state index contributed by atoms with van der Waals surface area (Å²) in [6.07, 6.45) is 0.248. The molecule has 0 aliphatic carbocycles. The van der Waals surface area contributed by atoms with Gasteiger partial charge in [-0.1, -0.05) is 30.3 Å².